The number of azide groups is 1. The molecule has 1 aliphatic heterocycles. The fourth-order valence-corrected chi connectivity index (χ4v) is 4.82. The van der Waals surface area contributed by atoms with Crippen molar-refractivity contribution in [3.8, 4) is 22.5 Å². The molecule has 2 aromatic rings. The molecule has 242 valence electrons. The van der Waals surface area contributed by atoms with Gasteiger partial charge in [-0.15, -0.1) is 0 Å². The molecule has 0 atom stereocenters. The number of nitrogens with one attached hydrogen (secondary N) is 1. The maximum Gasteiger partial charge on any atom is 0.251 e. The van der Waals surface area contributed by atoms with E-state index in [9.17, 15) is 14.7 Å². The van der Waals surface area contributed by atoms with Crippen LogP contribution in [0.5, 0.6) is 0 Å². The van der Waals surface area contributed by atoms with Gasteiger partial charge in [-0.2, -0.15) is 0 Å². The number of amides is 1. The number of aromatic carboxylic acids is 1. The zero-order chi connectivity index (χ0) is 33.1. The molecule has 1 N–H and O–H groups in total. The van der Waals surface area contributed by atoms with Crippen LogP contribution in [-0.2, 0) is 14.2 Å². The monoisotopic (exact) mass is 630 g/mol. The van der Waals surface area contributed by atoms with Crippen LogP contribution in [0.25, 0.3) is 43.9 Å². The third-order valence-corrected chi connectivity index (χ3v) is 7.17. The van der Waals surface area contributed by atoms with Gasteiger partial charge in [-0.05, 0) is 41.4 Å². The number of carbonyl (C=O) groups is 2. The molecule has 1 heterocycles. The molecule has 13 nitrogen and oxygen atoms in total. The fraction of sp³-hybridized carbons (Fsp3) is 0.364. The summed E-state index contributed by atoms with van der Waals surface area (Å²) in [6, 6.07) is 15.9. The lowest BCUT2D eigenvalue weighted by Crippen LogP contribution is -2.28. The van der Waals surface area contributed by atoms with Crippen molar-refractivity contribution in [2.24, 2.45) is 5.11 Å². The van der Waals surface area contributed by atoms with Crippen LogP contribution in [0.2, 0.25) is 0 Å². The summed E-state index contributed by atoms with van der Waals surface area (Å²) in [5.41, 5.74) is 11.6. The highest BCUT2D eigenvalue weighted by atomic mass is 16.5. The minimum absolute atomic E-state index is 0.0388. The minimum atomic E-state index is -1.35. The molecule has 46 heavy (non-hydrogen) atoms. The predicted molar refractivity (Wildman–Crippen MR) is 173 cm³/mol. The Hall–Kier alpha value is -4.94. The van der Waals surface area contributed by atoms with E-state index in [-0.39, 0.29) is 31.2 Å². The van der Waals surface area contributed by atoms with Crippen molar-refractivity contribution in [3.05, 3.63) is 81.5 Å². The Kier molecular flexibility index (Phi) is 12.1. The lowest BCUT2D eigenvalue weighted by Gasteiger charge is -2.20. The van der Waals surface area contributed by atoms with E-state index in [2.05, 4.69) is 15.3 Å². The summed E-state index contributed by atoms with van der Waals surface area (Å²) in [5.74, 6) is -1.15. The molecule has 1 amide bonds. The maximum atomic E-state index is 13.2. The number of anilines is 1. The number of carboxylic acids is 1. The van der Waals surface area contributed by atoms with Crippen molar-refractivity contribution in [2.45, 2.75) is 0 Å². The largest absolute Gasteiger partial charge is 0.545 e. The lowest BCUT2D eigenvalue weighted by molar-refractivity contribution is -0.254. The number of hydrogen-bond acceptors (Lipinski definition) is 9. The van der Waals surface area contributed by atoms with Gasteiger partial charge in [-0.3, -0.25) is 4.79 Å². The quantitative estimate of drug-likeness (QED) is 0.0493. The predicted octanol–water partition coefficient (Wildman–Crippen LogP) is 2.76. The number of hydrogen-bond donors (Lipinski definition) is 1. The van der Waals surface area contributed by atoms with E-state index in [1.54, 1.807) is 6.07 Å². The number of nitrogens with zero attached hydrogens (tertiary/aromatic N) is 5. The summed E-state index contributed by atoms with van der Waals surface area (Å²) in [7, 11) is 7.71. The molecule has 0 saturated carbocycles. The fourth-order valence-electron chi connectivity index (χ4n) is 4.82. The zero-order valence-corrected chi connectivity index (χ0v) is 26.4. The van der Waals surface area contributed by atoms with Gasteiger partial charge in [0, 0.05) is 77.6 Å². The normalized spacial score (nSPS) is 11.0. The molecule has 0 bridgehead atoms. The second kappa shape index (κ2) is 16.4. The lowest BCUT2D eigenvalue weighted by atomic mass is 9.89. The molecule has 4 rings (SSSR count). The van der Waals surface area contributed by atoms with Gasteiger partial charge < -0.3 is 38.7 Å². The molecule has 0 saturated heterocycles. The van der Waals surface area contributed by atoms with Crippen molar-refractivity contribution < 1.29 is 33.3 Å². The average molecular weight is 631 g/mol. The van der Waals surface area contributed by atoms with Gasteiger partial charge in [-0.1, -0.05) is 11.2 Å². The van der Waals surface area contributed by atoms with Crippen LogP contribution in [0.15, 0.2) is 64.1 Å². The second-order valence-corrected chi connectivity index (χ2v) is 10.7. The van der Waals surface area contributed by atoms with Crippen LogP contribution in [0.4, 0.5) is 5.69 Å². The van der Waals surface area contributed by atoms with Crippen molar-refractivity contribution in [1.82, 2.24) is 9.89 Å². The summed E-state index contributed by atoms with van der Waals surface area (Å²) in [4.78, 5) is 30.1. The Morgan fingerprint density at radius 2 is 1.65 bits per heavy atom. The topological polar surface area (TPSA) is 165 Å². The minimum Gasteiger partial charge on any atom is -0.545 e. The third-order valence-electron chi connectivity index (χ3n) is 7.17. The van der Waals surface area contributed by atoms with Gasteiger partial charge in [-0.25, -0.2) is 4.58 Å². The molecular weight excluding hydrogens is 592 g/mol. The molecular formula is C33H38N6O7. The first kappa shape index (κ1) is 33.9. The average Bonchev–Trinajstić information content (AvgIpc) is 3.04. The molecule has 0 radical (unpaired) electrons. The summed E-state index contributed by atoms with van der Waals surface area (Å²) in [5, 5.41) is 20.2. The molecule has 13 heteroatoms. The Bertz CT molecular complexity index is 1770. The van der Waals surface area contributed by atoms with Gasteiger partial charge in [0.1, 0.15) is 25.4 Å². The number of fused-ring (bicyclic) bond motifs is 2. The smallest absolute Gasteiger partial charge is 0.251 e. The number of rotatable bonds is 16. The van der Waals surface area contributed by atoms with Crippen LogP contribution >= 0.6 is 0 Å². The van der Waals surface area contributed by atoms with Crippen molar-refractivity contribution >= 4 is 28.5 Å². The van der Waals surface area contributed by atoms with Gasteiger partial charge in [0.15, 0.2) is 0 Å². The summed E-state index contributed by atoms with van der Waals surface area (Å²) >= 11 is 0. The highest BCUT2D eigenvalue weighted by Gasteiger charge is 2.22. The van der Waals surface area contributed by atoms with Crippen LogP contribution in [0, 0.1) is 0 Å². The summed E-state index contributed by atoms with van der Waals surface area (Å²) in [6.45, 7) is 2.59. The highest BCUT2D eigenvalue weighted by Crippen LogP contribution is 2.42. The number of carboxylic acid groups (broad SMARTS) is 1. The molecule has 2 aromatic carbocycles. The van der Waals surface area contributed by atoms with E-state index in [1.165, 1.54) is 12.1 Å². The van der Waals surface area contributed by atoms with E-state index in [0.29, 0.717) is 72.0 Å². The maximum absolute atomic E-state index is 13.2. The van der Waals surface area contributed by atoms with E-state index in [1.807, 2.05) is 74.1 Å². The Morgan fingerprint density at radius 1 is 0.935 bits per heavy atom. The van der Waals surface area contributed by atoms with Crippen LogP contribution in [0.3, 0.4) is 0 Å². The zero-order valence-electron chi connectivity index (χ0n) is 26.4. The second-order valence-electron chi connectivity index (χ2n) is 10.7. The van der Waals surface area contributed by atoms with Crippen LogP contribution in [-0.4, -0.2) is 92.8 Å². The van der Waals surface area contributed by atoms with E-state index >= 15 is 0 Å². The third kappa shape index (κ3) is 8.61. The Labute approximate surface area is 266 Å². The van der Waals surface area contributed by atoms with Crippen molar-refractivity contribution in [2.75, 3.05) is 85.8 Å². The van der Waals surface area contributed by atoms with Gasteiger partial charge in [0.2, 0.25) is 5.36 Å². The van der Waals surface area contributed by atoms with Crippen LogP contribution < -0.4 is 25.3 Å². The standard InChI is InChI=1S/C33H38N6O7/c1-38(2)23-6-9-26-29(20-23)46-30-21-24(39(3)4)7-10-27(30)31(26)28-19-22(5-8-25(28)33(41)42)32(40)35-11-13-43-15-17-45-18-16-44-14-12-36-37-34/h5-10,19-21H,11-18H2,1-4H3,(H-,35,40,41,42). The molecule has 0 fully saturated rings. The van der Waals surface area contributed by atoms with Gasteiger partial charge in [0.25, 0.3) is 5.91 Å². The van der Waals surface area contributed by atoms with Gasteiger partial charge >= 0.3 is 0 Å². The SMILES string of the molecule is CN(C)c1ccc2c(-c3cc(C(=O)NCCOCCOCCOCCN=[N+]=[N-])ccc3C(=O)[O-])c3ccc(=[N+](C)C)cc-3oc2c1. The summed E-state index contributed by atoms with van der Waals surface area (Å²) < 4.78 is 24.5. The van der Waals surface area contributed by atoms with Crippen molar-refractivity contribution in [3.63, 3.8) is 0 Å². The molecule has 2 aliphatic rings. The number of ether oxygens (including phenoxy) is 3. The van der Waals surface area contributed by atoms with Crippen LogP contribution in [0.1, 0.15) is 20.7 Å². The van der Waals surface area contributed by atoms with E-state index < -0.39 is 5.97 Å². The van der Waals surface area contributed by atoms with E-state index in [4.69, 9.17) is 24.2 Å². The molecule has 1 aliphatic carbocycles. The molecule has 0 unspecified atom stereocenters. The first-order valence-electron chi connectivity index (χ1n) is 14.8. The Morgan fingerprint density at radius 3 is 2.33 bits per heavy atom. The van der Waals surface area contributed by atoms with Crippen molar-refractivity contribution in [1.29, 1.82) is 0 Å². The number of benzene rings is 3. The molecule has 0 spiro atoms. The van der Waals surface area contributed by atoms with E-state index in [0.717, 1.165) is 11.0 Å². The first-order chi connectivity index (χ1) is 22.2. The highest BCUT2D eigenvalue weighted by molar-refractivity contribution is 6.09. The number of carbonyl (C=O) groups excluding carboxylic acids is 2. The molecule has 0 aromatic heterocycles. The van der Waals surface area contributed by atoms with Gasteiger partial charge in [0.05, 0.1) is 51.7 Å². The Balaban J connectivity index is 1.52. The summed E-state index contributed by atoms with van der Waals surface area (Å²) in [6.07, 6.45) is 0. The first-order valence-corrected chi connectivity index (χ1v) is 14.8.